The third kappa shape index (κ3) is 3.84. The predicted molar refractivity (Wildman–Crippen MR) is 125 cm³/mol. The van der Waals surface area contributed by atoms with Gasteiger partial charge in [0.1, 0.15) is 0 Å². The molecule has 0 aliphatic carbocycles. The van der Waals surface area contributed by atoms with E-state index in [0.29, 0.717) is 13.2 Å². The predicted octanol–water partition coefficient (Wildman–Crippen LogP) is 3.47. The van der Waals surface area contributed by atoms with Gasteiger partial charge in [-0.1, -0.05) is 78.9 Å². The molecule has 2 heterocycles. The Morgan fingerprint density at radius 3 is 2.25 bits per heavy atom. The number of hydrogen-bond acceptors (Lipinski definition) is 4. The standard InChI is InChI=1S/C27H29N3O2/c31-26-24-13-7-8-14-25(24)27(23-11-5-2-6-12-23,30(26)21-22-9-3-1-4-10-22)32-20-19-29-17-15-28-16-18-29/h1-14,28H,15-21H2. The smallest absolute Gasteiger partial charge is 0.257 e. The number of ether oxygens (including phenoxy) is 1. The van der Waals surface area contributed by atoms with Crippen LogP contribution in [0.25, 0.3) is 0 Å². The van der Waals surface area contributed by atoms with E-state index in [1.54, 1.807) is 0 Å². The first kappa shape index (κ1) is 20.9. The highest BCUT2D eigenvalue weighted by Crippen LogP contribution is 2.46. The van der Waals surface area contributed by atoms with Gasteiger partial charge < -0.3 is 10.1 Å². The van der Waals surface area contributed by atoms with Gasteiger partial charge in [-0.15, -0.1) is 0 Å². The van der Waals surface area contributed by atoms with Gasteiger partial charge in [-0.3, -0.25) is 14.6 Å². The van der Waals surface area contributed by atoms with Crippen molar-refractivity contribution in [2.45, 2.75) is 12.3 Å². The van der Waals surface area contributed by atoms with Crippen LogP contribution in [0.15, 0.2) is 84.9 Å². The minimum atomic E-state index is -0.946. The quantitative estimate of drug-likeness (QED) is 0.627. The molecule has 3 aromatic carbocycles. The highest BCUT2D eigenvalue weighted by Gasteiger charge is 2.52. The van der Waals surface area contributed by atoms with Gasteiger partial charge in [-0.05, 0) is 11.6 Å². The van der Waals surface area contributed by atoms with Crippen molar-refractivity contribution in [2.75, 3.05) is 39.3 Å². The monoisotopic (exact) mass is 427 g/mol. The van der Waals surface area contributed by atoms with Gasteiger partial charge in [0.25, 0.3) is 5.91 Å². The number of carbonyl (C=O) groups is 1. The number of amides is 1. The molecule has 0 aromatic heterocycles. The summed E-state index contributed by atoms with van der Waals surface area (Å²) in [4.78, 5) is 18.0. The van der Waals surface area contributed by atoms with E-state index in [1.165, 1.54) is 0 Å². The number of benzene rings is 3. The zero-order valence-electron chi connectivity index (χ0n) is 18.2. The molecule has 5 rings (SSSR count). The van der Waals surface area contributed by atoms with Crippen molar-refractivity contribution in [1.82, 2.24) is 15.1 Å². The van der Waals surface area contributed by atoms with Crippen LogP contribution in [0.1, 0.15) is 27.0 Å². The Balaban J connectivity index is 1.55. The van der Waals surface area contributed by atoms with Crippen molar-refractivity contribution < 1.29 is 9.53 Å². The van der Waals surface area contributed by atoms with Crippen molar-refractivity contribution in [3.05, 3.63) is 107 Å². The Kier molecular flexibility index (Phi) is 6.04. The SMILES string of the molecule is O=C1c2ccccc2C(OCCN2CCNCC2)(c2ccccc2)N1Cc1ccccc1. The van der Waals surface area contributed by atoms with E-state index in [-0.39, 0.29) is 5.91 Å². The minimum Gasteiger partial charge on any atom is -0.346 e. The Hall–Kier alpha value is -2.99. The number of carbonyl (C=O) groups excluding carboxylic acids is 1. The van der Waals surface area contributed by atoms with Gasteiger partial charge in [0.05, 0.1) is 6.61 Å². The van der Waals surface area contributed by atoms with Crippen LogP contribution in [0.4, 0.5) is 0 Å². The van der Waals surface area contributed by atoms with Crippen LogP contribution >= 0.6 is 0 Å². The van der Waals surface area contributed by atoms with Crippen LogP contribution in [0.5, 0.6) is 0 Å². The number of nitrogens with one attached hydrogen (secondary N) is 1. The van der Waals surface area contributed by atoms with E-state index in [9.17, 15) is 4.79 Å². The van der Waals surface area contributed by atoms with Crippen molar-refractivity contribution in [1.29, 1.82) is 0 Å². The molecule has 3 aromatic rings. The molecule has 5 heteroatoms. The lowest BCUT2D eigenvalue weighted by Gasteiger charge is -2.40. The van der Waals surface area contributed by atoms with Crippen LogP contribution in [0.3, 0.4) is 0 Å². The van der Waals surface area contributed by atoms with E-state index >= 15 is 0 Å². The topological polar surface area (TPSA) is 44.8 Å². The van der Waals surface area contributed by atoms with Crippen LogP contribution in [0, 0.1) is 0 Å². The van der Waals surface area contributed by atoms with E-state index in [4.69, 9.17) is 4.74 Å². The second-order valence-corrected chi connectivity index (χ2v) is 8.37. The van der Waals surface area contributed by atoms with Gasteiger partial charge in [-0.2, -0.15) is 0 Å². The maximum Gasteiger partial charge on any atom is 0.257 e. The van der Waals surface area contributed by atoms with E-state index in [1.807, 2.05) is 65.6 Å². The molecule has 0 spiro atoms. The average molecular weight is 428 g/mol. The van der Waals surface area contributed by atoms with Gasteiger partial charge in [-0.25, -0.2) is 0 Å². The van der Waals surface area contributed by atoms with E-state index in [2.05, 4.69) is 34.5 Å². The molecule has 2 aliphatic heterocycles. The Morgan fingerprint density at radius 2 is 1.50 bits per heavy atom. The first-order valence-electron chi connectivity index (χ1n) is 11.4. The summed E-state index contributed by atoms with van der Waals surface area (Å²) in [6, 6.07) is 28.2. The maximum atomic E-state index is 13.7. The molecule has 5 nitrogen and oxygen atoms in total. The lowest BCUT2D eigenvalue weighted by molar-refractivity contribution is -0.115. The van der Waals surface area contributed by atoms with Gasteiger partial charge in [0, 0.05) is 56.0 Å². The molecular weight excluding hydrogens is 398 g/mol. The number of hydrogen-bond donors (Lipinski definition) is 1. The Morgan fingerprint density at radius 1 is 0.844 bits per heavy atom. The van der Waals surface area contributed by atoms with Crippen LogP contribution in [-0.2, 0) is 17.0 Å². The van der Waals surface area contributed by atoms with Crippen LogP contribution in [0.2, 0.25) is 0 Å². The second kappa shape index (κ2) is 9.25. The maximum absolute atomic E-state index is 13.7. The Bertz CT molecular complexity index is 1050. The number of fused-ring (bicyclic) bond motifs is 1. The molecule has 2 aliphatic rings. The van der Waals surface area contributed by atoms with E-state index in [0.717, 1.165) is 55.0 Å². The van der Waals surface area contributed by atoms with Crippen LogP contribution < -0.4 is 5.32 Å². The second-order valence-electron chi connectivity index (χ2n) is 8.37. The fourth-order valence-electron chi connectivity index (χ4n) is 4.82. The molecule has 1 saturated heterocycles. The zero-order valence-corrected chi connectivity index (χ0v) is 18.2. The number of piperazine rings is 1. The third-order valence-electron chi connectivity index (χ3n) is 6.42. The summed E-state index contributed by atoms with van der Waals surface area (Å²) in [5.74, 6) is 0.00970. The summed E-state index contributed by atoms with van der Waals surface area (Å²) in [5, 5.41) is 3.40. The van der Waals surface area contributed by atoms with Gasteiger partial charge >= 0.3 is 0 Å². The lowest BCUT2D eigenvalue weighted by Crippen LogP contribution is -2.49. The molecule has 1 amide bonds. The third-order valence-corrected chi connectivity index (χ3v) is 6.42. The fourth-order valence-corrected chi connectivity index (χ4v) is 4.82. The van der Waals surface area contributed by atoms with Crippen molar-refractivity contribution in [3.8, 4) is 0 Å². The van der Waals surface area contributed by atoms with E-state index < -0.39 is 5.72 Å². The minimum absolute atomic E-state index is 0.00970. The van der Waals surface area contributed by atoms with Crippen molar-refractivity contribution >= 4 is 5.91 Å². The first-order valence-corrected chi connectivity index (χ1v) is 11.4. The van der Waals surface area contributed by atoms with Crippen molar-refractivity contribution in [3.63, 3.8) is 0 Å². The highest BCUT2D eigenvalue weighted by molar-refractivity contribution is 6.00. The molecule has 1 atom stereocenters. The fraction of sp³-hybridized carbons (Fsp3) is 0.296. The Labute approximate surface area is 189 Å². The molecule has 0 bridgehead atoms. The summed E-state index contributed by atoms with van der Waals surface area (Å²) in [7, 11) is 0. The molecule has 0 radical (unpaired) electrons. The lowest BCUT2D eigenvalue weighted by atomic mass is 9.93. The zero-order chi connectivity index (χ0) is 21.8. The largest absolute Gasteiger partial charge is 0.346 e. The summed E-state index contributed by atoms with van der Waals surface area (Å²) < 4.78 is 6.80. The molecule has 1 N–H and O–H groups in total. The summed E-state index contributed by atoms with van der Waals surface area (Å²) in [6.07, 6.45) is 0. The molecular formula is C27H29N3O2. The van der Waals surface area contributed by atoms with Crippen LogP contribution in [-0.4, -0.2) is 55.0 Å². The summed E-state index contributed by atoms with van der Waals surface area (Å²) in [5.41, 5.74) is 2.76. The first-order chi connectivity index (χ1) is 15.8. The number of rotatable bonds is 7. The highest BCUT2D eigenvalue weighted by atomic mass is 16.5. The van der Waals surface area contributed by atoms with Gasteiger partial charge in [0.15, 0.2) is 5.72 Å². The molecule has 1 unspecified atom stereocenters. The average Bonchev–Trinajstić information content (AvgIpc) is 3.10. The molecule has 0 saturated carbocycles. The molecule has 1 fully saturated rings. The summed E-state index contributed by atoms with van der Waals surface area (Å²) in [6.45, 7) is 5.91. The molecule has 164 valence electrons. The normalized spacial score (nSPS) is 21.0. The van der Waals surface area contributed by atoms with Gasteiger partial charge in [0.2, 0.25) is 0 Å². The summed E-state index contributed by atoms with van der Waals surface area (Å²) >= 11 is 0. The molecule has 32 heavy (non-hydrogen) atoms. The van der Waals surface area contributed by atoms with Crippen molar-refractivity contribution in [2.24, 2.45) is 0 Å². The number of nitrogens with zero attached hydrogens (tertiary/aromatic N) is 2.